The molecule has 1 saturated heterocycles. The number of benzene rings is 1. The molecule has 3 N–H and O–H groups in total. The van der Waals surface area contributed by atoms with Crippen LogP contribution in [-0.2, 0) is 0 Å². The Labute approximate surface area is 134 Å². The lowest BCUT2D eigenvalue weighted by molar-refractivity contribution is 0.0714. The Balaban J connectivity index is 1.69. The molecule has 0 radical (unpaired) electrons. The number of hydrogen-bond donors (Lipinski definition) is 2. The maximum absolute atomic E-state index is 12.5. The lowest BCUT2D eigenvalue weighted by Crippen LogP contribution is -2.42. The molecule has 2 aromatic rings. The molecule has 0 atom stereocenters. The van der Waals surface area contributed by atoms with E-state index in [-0.39, 0.29) is 23.6 Å². The fourth-order valence-electron chi connectivity index (χ4n) is 2.62. The first-order valence-electron chi connectivity index (χ1n) is 7.63. The van der Waals surface area contributed by atoms with Crippen molar-refractivity contribution < 1.29 is 14.0 Å². The van der Waals surface area contributed by atoms with Crippen molar-refractivity contribution in [3.63, 3.8) is 0 Å². The van der Waals surface area contributed by atoms with Crippen molar-refractivity contribution in [2.75, 3.05) is 18.4 Å². The van der Waals surface area contributed by atoms with E-state index in [0.717, 1.165) is 12.8 Å². The zero-order valence-electron chi connectivity index (χ0n) is 12.7. The minimum atomic E-state index is -0.344. The van der Waals surface area contributed by atoms with Gasteiger partial charge in [-0.3, -0.25) is 9.59 Å². The Kier molecular flexibility index (Phi) is 4.43. The lowest BCUT2D eigenvalue weighted by atomic mass is 10.0. The standard InChI is InChI=1S/C17H19N3O3/c18-13-6-8-20(9-7-13)17(22)12-3-1-4-14(11-12)19-16(21)15-5-2-10-23-15/h1-5,10-11,13H,6-9,18H2,(H,19,21). The van der Waals surface area contributed by atoms with Crippen LogP contribution in [0.3, 0.4) is 0 Å². The molecule has 1 aliphatic rings. The van der Waals surface area contributed by atoms with Crippen molar-refractivity contribution in [1.29, 1.82) is 0 Å². The molecule has 1 aromatic heterocycles. The van der Waals surface area contributed by atoms with Crippen LogP contribution in [0.2, 0.25) is 0 Å². The summed E-state index contributed by atoms with van der Waals surface area (Å²) in [5.74, 6) is -0.152. The van der Waals surface area contributed by atoms with Gasteiger partial charge in [0.2, 0.25) is 0 Å². The van der Waals surface area contributed by atoms with E-state index >= 15 is 0 Å². The molecular weight excluding hydrogens is 294 g/mol. The highest BCUT2D eigenvalue weighted by Crippen LogP contribution is 2.17. The first-order chi connectivity index (χ1) is 11.1. The van der Waals surface area contributed by atoms with Gasteiger partial charge in [-0.2, -0.15) is 0 Å². The minimum absolute atomic E-state index is 0.0361. The summed E-state index contributed by atoms with van der Waals surface area (Å²) < 4.78 is 5.05. The number of nitrogens with two attached hydrogens (primary N) is 1. The summed E-state index contributed by atoms with van der Waals surface area (Å²) in [7, 11) is 0. The van der Waals surface area contributed by atoms with Crippen LogP contribution in [0.25, 0.3) is 0 Å². The van der Waals surface area contributed by atoms with Gasteiger partial charge in [0.1, 0.15) is 0 Å². The second kappa shape index (κ2) is 6.66. The van der Waals surface area contributed by atoms with Crippen molar-refractivity contribution in [2.45, 2.75) is 18.9 Å². The number of amides is 2. The van der Waals surface area contributed by atoms with E-state index in [2.05, 4.69) is 5.32 Å². The Morgan fingerprint density at radius 3 is 2.65 bits per heavy atom. The molecule has 0 saturated carbocycles. The second-order valence-electron chi connectivity index (χ2n) is 5.64. The molecule has 2 amide bonds. The average Bonchev–Trinajstić information content (AvgIpc) is 3.10. The fourth-order valence-corrected chi connectivity index (χ4v) is 2.62. The predicted octanol–water partition coefficient (Wildman–Crippen LogP) is 2.10. The third-order valence-electron chi connectivity index (χ3n) is 3.94. The minimum Gasteiger partial charge on any atom is -0.459 e. The first-order valence-corrected chi connectivity index (χ1v) is 7.63. The van der Waals surface area contributed by atoms with Crippen LogP contribution in [0, 0.1) is 0 Å². The van der Waals surface area contributed by atoms with Gasteiger partial charge in [0.15, 0.2) is 5.76 Å². The van der Waals surface area contributed by atoms with E-state index in [1.807, 2.05) is 0 Å². The molecule has 6 heteroatoms. The maximum Gasteiger partial charge on any atom is 0.291 e. The lowest BCUT2D eigenvalue weighted by Gasteiger charge is -2.30. The Morgan fingerprint density at radius 1 is 1.17 bits per heavy atom. The van der Waals surface area contributed by atoms with Crippen LogP contribution in [-0.4, -0.2) is 35.8 Å². The fraction of sp³-hybridized carbons (Fsp3) is 0.294. The summed E-state index contributed by atoms with van der Waals surface area (Å²) in [6.45, 7) is 1.34. The van der Waals surface area contributed by atoms with Gasteiger partial charge in [-0.25, -0.2) is 0 Å². The van der Waals surface area contributed by atoms with Crippen molar-refractivity contribution in [3.8, 4) is 0 Å². The summed E-state index contributed by atoms with van der Waals surface area (Å²) in [6.07, 6.45) is 3.08. The average molecular weight is 313 g/mol. The number of rotatable bonds is 3. The number of nitrogens with one attached hydrogen (secondary N) is 1. The van der Waals surface area contributed by atoms with Gasteiger partial charge >= 0.3 is 0 Å². The van der Waals surface area contributed by atoms with Crippen LogP contribution >= 0.6 is 0 Å². The van der Waals surface area contributed by atoms with E-state index in [1.54, 1.807) is 41.3 Å². The van der Waals surface area contributed by atoms with Gasteiger partial charge in [0.05, 0.1) is 6.26 Å². The van der Waals surface area contributed by atoms with Crippen molar-refractivity contribution in [1.82, 2.24) is 4.90 Å². The number of likely N-dealkylation sites (tertiary alicyclic amines) is 1. The normalized spacial score (nSPS) is 15.4. The molecule has 2 heterocycles. The second-order valence-corrected chi connectivity index (χ2v) is 5.64. The van der Waals surface area contributed by atoms with Crippen LogP contribution in [0.15, 0.2) is 47.1 Å². The predicted molar refractivity (Wildman–Crippen MR) is 86.2 cm³/mol. The molecule has 3 rings (SSSR count). The number of furan rings is 1. The Morgan fingerprint density at radius 2 is 1.96 bits per heavy atom. The number of carbonyl (C=O) groups excluding carboxylic acids is 2. The van der Waals surface area contributed by atoms with E-state index in [9.17, 15) is 9.59 Å². The first kappa shape index (κ1) is 15.3. The van der Waals surface area contributed by atoms with Crippen LogP contribution in [0.5, 0.6) is 0 Å². The van der Waals surface area contributed by atoms with Gasteiger partial charge in [0, 0.05) is 30.4 Å². The van der Waals surface area contributed by atoms with Crippen LogP contribution in [0.4, 0.5) is 5.69 Å². The van der Waals surface area contributed by atoms with E-state index < -0.39 is 0 Å². The summed E-state index contributed by atoms with van der Waals surface area (Å²) >= 11 is 0. The van der Waals surface area contributed by atoms with E-state index in [4.69, 9.17) is 10.2 Å². The zero-order chi connectivity index (χ0) is 16.2. The number of nitrogens with zero attached hydrogens (tertiary/aromatic N) is 1. The van der Waals surface area contributed by atoms with Crippen molar-refractivity contribution >= 4 is 17.5 Å². The molecular formula is C17H19N3O3. The highest BCUT2D eigenvalue weighted by atomic mass is 16.3. The van der Waals surface area contributed by atoms with Crippen molar-refractivity contribution in [3.05, 3.63) is 54.0 Å². The molecule has 1 aromatic carbocycles. The van der Waals surface area contributed by atoms with Gasteiger partial charge in [-0.15, -0.1) is 0 Å². The topological polar surface area (TPSA) is 88.6 Å². The molecule has 1 fully saturated rings. The Hall–Kier alpha value is -2.60. The van der Waals surface area contributed by atoms with E-state index in [1.165, 1.54) is 6.26 Å². The molecule has 23 heavy (non-hydrogen) atoms. The summed E-state index contributed by atoms with van der Waals surface area (Å²) in [4.78, 5) is 26.3. The molecule has 0 bridgehead atoms. The summed E-state index contributed by atoms with van der Waals surface area (Å²) in [5.41, 5.74) is 6.98. The third-order valence-corrected chi connectivity index (χ3v) is 3.94. The number of hydrogen-bond acceptors (Lipinski definition) is 4. The highest BCUT2D eigenvalue weighted by Gasteiger charge is 2.22. The van der Waals surface area contributed by atoms with E-state index in [0.29, 0.717) is 24.3 Å². The van der Waals surface area contributed by atoms with Gasteiger partial charge in [0.25, 0.3) is 11.8 Å². The Bertz CT molecular complexity index is 689. The zero-order valence-corrected chi connectivity index (χ0v) is 12.7. The van der Waals surface area contributed by atoms with Crippen LogP contribution in [0.1, 0.15) is 33.8 Å². The number of piperidine rings is 1. The van der Waals surface area contributed by atoms with Crippen LogP contribution < -0.4 is 11.1 Å². The maximum atomic E-state index is 12.5. The quantitative estimate of drug-likeness (QED) is 0.908. The third kappa shape index (κ3) is 3.60. The largest absolute Gasteiger partial charge is 0.459 e. The van der Waals surface area contributed by atoms with Gasteiger partial charge < -0.3 is 20.4 Å². The molecule has 1 aliphatic heterocycles. The molecule has 0 aliphatic carbocycles. The highest BCUT2D eigenvalue weighted by molar-refractivity contribution is 6.03. The molecule has 6 nitrogen and oxygen atoms in total. The van der Waals surface area contributed by atoms with Gasteiger partial charge in [-0.05, 0) is 43.2 Å². The monoisotopic (exact) mass is 313 g/mol. The molecule has 0 unspecified atom stereocenters. The SMILES string of the molecule is NC1CCN(C(=O)c2cccc(NC(=O)c3ccco3)c2)CC1. The van der Waals surface area contributed by atoms with Gasteiger partial charge in [-0.1, -0.05) is 6.07 Å². The summed E-state index contributed by atoms with van der Waals surface area (Å²) in [5, 5.41) is 2.73. The van der Waals surface area contributed by atoms with Crippen molar-refractivity contribution in [2.24, 2.45) is 5.73 Å². The smallest absolute Gasteiger partial charge is 0.291 e. The number of carbonyl (C=O) groups is 2. The number of anilines is 1. The summed E-state index contributed by atoms with van der Waals surface area (Å²) in [6, 6.07) is 10.3. The molecule has 120 valence electrons. The molecule has 0 spiro atoms.